The molecule has 0 N–H and O–H groups in total. The molecule has 6 aromatic carbocycles. The lowest BCUT2D eigenvalue weighted by molar-refractivity contribution is 1.18. The van der Waals surface area contributed by atoms with Gasteiger partial charge in [0.1, 0.15) is 0 Å². The third-order valence-electron chi connectivity index (χ3n) is 8.37. The van der Waals surface area contributed by atoms with E-state index < -0.39 is 0 Å². The standard InChI is InChI=1S/C37H23N3/c1-2-12-25(13-3-1)39-32-17-7-6-15-28(32)36-29-16-9-19-33-37(29)30(22-34(36)39)27-20-21-38-23-35(27)40(33)31-18-8-11-24-10-4-5-14-26(24)31/h1-23H. The second-order valence-electron chi connectivity index (χ2n) is 10.4. The fourth-order valence-electron chi connectivity index (χ4n) is 6.76. The van der Waals surface area contributed by atoms with Crippen LogP contribution in [0.4, 0.5) is 17.1 Å². The molecule has 40 heavy (non-hydrogen) atoms. The van der Waals surface area contributed by atoms with Crippen LogP contribution in [-0.4, -0.2) is 9.55 Å². The number of pyridine rings is 1. The Hall–Kier alpha value is -5.41. The molecular formula is C37H23N3. The molecule has 8 aromatic rings. The van der Waals surface area contributed by atoms with Gasteiger partial charge < -0.3 is 9.47 Å². The van der Waals surface area contributed by atoms with Crippen LogP contribution in [0.1, 0.15) is 0 Å². The fourth-order valence-corrected chi connectivity index (χ4v) is 6.76. The molecule has 0 amide bonds. The third kappa shape index (κ3) is 2.81. The molecule has 0 saturated carbocycles. The van der Waals surface area contributed by atoms with Gasteiger partial charge in [0, 0.05) is 39.0 Å². The molecule has 0 fully saturated rings. The zero-order valence-electron chi connectivity index (χ0n) is 21.6. The highest BCUT2D eigenvalue weighted by Crippen LogP contribution is 2.54. The van der Waals surface area contributed by atoms with Crippen molar-refractivity contribution in [1.82, 2.24) is 9.55 Å². The average Bonchev–Trinajstić information content (AvgIpc) is 3.36. The van der Waals surface area contributed by atoms with Crippen LogP contribution >= 0.6 is 0 Å². The number of hydrogen-bond donors (Lipinski definition) is 0. The van der Waals surface area contributed by atoms with Crippen molar-refractivity contribution in [2.24, 2.45) is 0 Å². The SMILES string of the molecule is c1ccc(-n2c3ccccc3c3c4cccc5c4c(cc32)-c2ccncc2N5c2cccc3ccccc23)cc1. The highest BCUT2D eigenvalue weighted by atomic mass is 15.2. The molecular weight excluding hydrogens is 486 g/mol. The zero-order chi connectivity index (χ0) is 26.2. The summed E-state index contributed by atoms with van der Waals surface area (Å²) in [6.45, 7) is 0. The van der Waals surface area contributed by atoms with Crippen LogP contribution in [0, 0.1) is 0 Å². The Balaban J connectivity index is 1.48. The predicted octanol–water partition coefficient (Wildman–Crippen LogP) is 9.94. The van der Waals surface area contributed by atoms with Crippen molar-refractivity contribution in [3.8, 4) is 16.8 Å². The van der Waals surface area contributed by atoms with E-state index in [0.717, 1.165) is 11.4 Å². The van der Waals surface area contributed by atoms with Crippen molar-refractivity contribution in [2.75, 3.05) is 4.90 Å². The molecule has 0 unspecified atom stereocenters. The minimum atomic E-state index is 1.10. The number of hydrogen-bond acceptors (Lipinski definition) is 2. The smallest absolute Gasteiger partial charge is 0.0724 e. The molecule has 3 nitrogen and oxygen atoms in total. The van der Waals surface area contributed by atoms with Gasteiger partial charge in [0.15, 0.2) is 0 Å². The molecule has 9 rings (SSSR count). The van der Waals surface area contributed by atoms with Crippen LogP contribution in [0.25, 0.3) is 60.2 Å². The summed E-state index contributed by atoms with van der Waals surface area (Å²) in [6.07, 6.45) is 3.92. The Labute approximate surface area is 231 Å². The van der Waals surface area contributed by atoms with Crippen LogP contribution in [0.15, 0.2) is 140 Å². The van der Waals surface area contributed by atoms with E-state index >= 15 is 0 Å². The maximum atomic E-state index is 4.61. The lowest BCUT2D eigenvalue weighted by Gasteiger charge is -2.34. The summed E-state index contributed by atoms with van der Waals surface area (Å²) in [5, 5.41) is 7.55. The molecule has 0 bridgehead atoms. The van der Waals surface area contributed by atoms with Crippen molar-refractivity contribution in [1.29, 1.82) is 0 Å². The summed E-state index contributed by atoms with van der Waals surface area (Å²) in [5.74, 6) is 0. The van der Waals surface area contributed by atoms with Crippen molar-refractivity contribution in [2.45, 2.75) is 0 Å². The fraction of sp³-hybridized carbons (Fsp3) is 0. The van der Waals surface area contributed by atoms with Gasteiger partial charge in [-0.1, -0.05) is 84.9 Å². The van der Waals surface area contributed by atoms with Crippen molar-refractivity contribution in [3.63, 3.8) is 0 Å². The first-order chi connectivity index (χ1) is 19.9. The van der Waals surface area contributed by atoms with Gasteiger partial charge in [-0.05, 0) is 58.8 Å². The van der Waals surface area contributed by atoms with E-state index in [0.29, 0.717) is 0 Å². The van der Waals surface area contributed by atoms with Crippen LogP contribution in [0.5, 0.6) is 0 Å². The molecule has 0 aliphatic carbocycles. The summed E-state index contributed by atoms with van der Waals surface area (Å²) in [4.78, 5) is 7.01. The van der Waals surface area contributed by atoms with Crippen molar-refractivity contribution >= 4 is 60.4 Å². The minimum Gasteiger partial charge on any atom is -0.309 e. The Morgan fingerprint density at radius 2 is 1.20 bits per heavy atom. The van der Waals surface area contributed by atoms with E-state index in [1.54, 1.807) is 0 Å². The normalized spacial score (nSPS) is 12.4. The molecule has 3 heteroatoms. The Morgan fingerprint density at radius 1 is 0.475 bits per heavy atom. The molecule has 2 aromatic heterocycles. The van der Waals surface area contributed by atoms with Crippen LogP contribution < -0.4 is 4.90 Å². The van der Waals surface area contributed by atoms with E-state index in [1.165, 1.54) is 65.9 Å². The summed E-state index contributed by atoms with van der Waals surface area (Å²) >= 11 is 0. The summed E-state index contributed by atoms with van der Waals surface area (Å²) in [5.41, 5.74) is 9.48. The zero-order valence-corrected chi connectivity index (χ0v) is 21.6. The highest BCUT2D eigenvalue weighted by Gasteiger charge is 2.29. The minimum absolute atomic E-state index is 1.10. The van der Waals surface area contributed by atoms with Gasteiger partial charge in [0.25, 0.3) is 0 Å². The molecule has 0 atom stereocenters. The topological polar surface area (TPSA) is 21.1 Å². The van der Waals surface area contributed by atoms with E-state index in [4.69, 9.17) is 0 Å². The van der Waals surface area contributed by atoms with E-state index in [2.05, 4.69) is 142 Å². The van der Waals surface area contributed by atoms with Gasteiger partial charge in [-0.25, -0.2) is 0 Å². The lowest BCUT2D eigenvalue weighted by Crippen LogP contribution is -2.15. The first-order valence-corrected chi connectivity index (χ1v) is 13.6. The molecule has 186 valence electrons. The third-order valence-corrected chi connectivity index (χ3v) is 8.37. The Morgan fingerprint density at radius 3 is 2.12 bits per heavy atom. The number of benzene rings is 6. The summed E-state index contributed by atoms with van der Waals surface area (Å²) in [7, 11) is 0. The van der Waals surface area contributed by atoms with Gasteiger partial charge >= 0.3 is 0 Å². The summed E-state index contributed by atoms with van der Waals surface area (Å²) in [6, 6.07) is 46.0. The predicted molar refractivity (Wildman–Crippen MR) is 167 cm³/mol. The maximum Gasteiger partial charge on any atom is 0.0724 e. The van der Waals surface area contributed by atoms with Crippen molar-refractivity contribution in [3.05, 3.63) is 140 Å². The van der Waals surface area contributed by atoms with E-state index in [1.807, 2.05) is 12.4 Å². The largest absolute Gasteiger partial charge is 0.309 e. The summed E-state index contributed by atoms with van der Waals surface area (Å²) < 4.78 is 2.41. The van der Waals surface area contributed by atoms with Gasteiger partial charge in [-0.2, -0.15) is 0 Å². The van der Waals surface area contributed by atoms with Gasteiger partial charge in [-0.15, -0.1) is 0 Å². The second-order valence-corrected chi connectivity index (χ2v) is 10.4. The number of fused-ring (bicyclic) bond motifs is 7. The van der Waals surface area contributed by atoms with Crippen LogP contribution in [0.2, 0.25) is 0 Å². The number of anilines is 3. The Kier molecular flexibility index (Phi) is 4.33. The monoisotopic (exact) mass is 509 g/mol. The molecule has 1 aliphatic rings. The molecule has 1 aliphatic heterocycles. The maximum absolute atomic E-state index is 4.61. The Bertz CT molecular complexity index is 2270. The first kappa shape index (κ1) is 21.5. The molecule has 0 radical (unpaired) electrons. The molecule has 3 heterocycles. The van der Waals surface area contributed by atoms with Gasteiger partial charge in [0.05, 0.1) is 34.3 Å². The van der Waals surface area contributed by atoms with E-state index in [-0.39, 0.29) is 0 Å². The average molecular weight is 510 g/mol. The number of para-hydroxylation sites is 2. The first-order valence-electron chi connectivity index (χ1n) is 13.6. The van der Waals surface area contributed by atoms with Gasteiger partial charge in [0.2, 0.25) is 0 Å². The number of nitrogens with zero attached hydrogens (tertiary/aromatic N) is 3. The van der Waals surface area contributed by atoms with Crippen LogP contribution in [0.3, 0.4) is 0 Å². The van der Waals surface area contributed by atoms with E-state index in [9.17, 15) is 0 Å². The van der Waals surface area contributed by atoms with Gasteiger partial charge in [-0.3, -0.25) is 4.98 Å². The molecule has 0 saturated heterocycles. The van der Waals surface area contributed by atoms with Crippen molar-refractivity contribution < 1.29 is 0 Å². The second kappa shape index (κ2) is 8.05. The number of rotatable bonds is 2. The van der Waals surface area contributed by atoms with Crippen LogP contribution in [-0.2, 0) is 0 Å². The molecule has 0 spiro atoms. The lowest BCUT2D eigenvalue weighted by atomic mass is 9.89. The quantitative estimate of drug-likeness (QED) is 0.231. The highest BCUT2D eigenvalue weighted by molar-refractivity contribution is 6.28. The number of aromatic nitrogens is 2.